The second-order valence-electron chi connectivity index (χ2n) is 3.79. The fourth-order valence-electron chi connectivity index (χ4n) is 1.77. The average molecular weight is 330 g/mol. The molecule has 0 radical (unpaired) electrons. The molecule has 3 rings (SSSR count). The van der Waals surface area contributed by atoms with Gasteiger partial charge >= 0.3 is 0 Å². The molecule has 0 unspecified atom stereocenters. The Bertz CT molecular complexity index is 632. The van der Waals surface area contributed by atoms with E-state index >= 15 is 0 Å². The minimum atomic E-state index is -0.534. The molecule has 1 aromatic heterocycles. The van der Waals surface area contributed by atoms with Crippen LogP contribution in [-0.4, -0.2) is 23.4 Å². The molecular formula is C11H9BrFN3O3. The van der Waals surface area contributed by atoms with Gasteiger partial charge in [-0.3, -0.25) is 0 Å². The summed E-state index contributed by atoms with van der Waals surface area (Å²) in [6.07, 6.45) is 0. The molecule has 0 atom stereocenters. The first-order chi connectivity index (χ1) is 9.20. The third-order valence-electron chi connectivity index (χ3n) is 2.59. The lowest BCUT2D eigenvalue weighted by molar-refractivity contribution is 0.171. The van der Waals surface area contributed by atoms with E-state index in [0.29, 0.717) is 19.0 Å². The van der Waals surface area contributed by atoms with Gasteiger partial charge in [-0.2, -0.15) is 4.98 Å². The van der Waals surface area contributed by atoms with Gasteiger partial charge in [0.15, 0.2) is 17.3 Å². The van der Waals surface area contributed by atoms with Gasteiger partial charge in [0, 0.05) is 6.07 Å². The van der Waals surface area contributed by atoms with Crippen LogP contribution >= 0.6 is 15.9 Å². The normalized spacial score (nSPS) is 13.6. The summed E-state index contributed by atoms with van der Waals surface area (Å²) in [7, 11) is 0. The van der Waals surface area contributed by atoms with E-state index in [-0.39, 0.29) is 34.0 Å². The van der Waals surface area contributed by atoms with Gasteiger partial charge in [-0.05, 0) is 15.9 Å². The summed E-state index contributed by atoms with van der Waals surface area (Å²) in [6.45, 7) is 0.829. The lowest BCUT2D eigenvalue weighted by Gasteiger charge is -2.21. The number of halogens is 2. The highest BCUT2D eigenvalue weighted by atomic mass is 79.9. The topological polar surface area (TPSA) is 83.4 Å². The Hall–Kier alpha value is -1.67. The van der Waals surface area contributed by atoms with Crippen LogP contribution in [-0.2, 0) is 6.54 Å². The van der Waals surface area contributed by atoms with Gasteiger partial charge in [0.25, 0.3) is 0 Å². The number of ether oxygens (including phenoxy) is 2. The number of hydrogen-bond acceptors (Lipinski definition) is 6. The van der Waals surface area contributed by atoms with E-state index in [4.69, 9.17) is 19.7 Å². The van der Waals surface area contributed by atoms with E-state index < -0.39 is 5.82 Å². The number of nitrogens with zero attached hydrogens (tertiary/aromatic N) is 2. The van der Waals surface area contributed by atoms with Crippen molar-refractivity contribution in [2.24, 2.45) is 5.73 Å². The van der Waals surface area contributed by atoms with Gasteiger partial charge in [0.05, 0.1) is 11.0 Å². The van der Waals surface area contributed by atoms with E-state index in [0.717, 1.165) is 0 Å². The van der Waals surface area contributed by atoms with Gasteiger partial charge in [0.2, 0.25) is 11.7 Å². The fourth-order valence-corrected chi connectivity index (χ4v) is 2.18. The SMILES string of the molecule is NCc1nc(-c2c(F)c(Br)cc3c2OCCO3)no1. The van der Waals surface area contributed by atoms with Crippen molar-refractivity contribution in [1.29, 1.82) is 0 Å². The van der Waals surface area contributed by atoms with Crippen molar-refractivity contribution in [2.45, 2.75) is 6.54 Å². The van der Waals surface area contributed by atoms with Crippen LogP contribution < -0.4 is 15.2 Å². The Balaban J connectivity index is 2.20. The Morgan fingerprint density at radius 3 is 2.89 bits per heavy atom. The maximum absolute atomic E-state index is 14.3. The molecule has 0 aliphatic carbocycles. The number of hydrogen-bond donors (Lipinski definition) is 1. The van der Waals surface area contributed by atoms with E-state index in [1.54, 1.807) is 0 Å². The molecule has 6 nitrogen and oxygen atoms in total. The summed E-state index contributed by atoms with van der Waals surface area (Å²) < 4.78 is 30.3. The zero-order valence-corrected chi connectivity index (χ0v) is 11.2. The zero-order valence-electron chi connectivity index (χ0n) is 9.65. The highest BCUT2D eigenvalue weighted by molar-refractivity contribution is 9.10. The molecule has 19 heavy (non-hydrogen) atoms. The molecule has 0 saturated heterocycles. The van der Waals surface area contributed by atoms with Gasteiger partial charge in [-0.1, -0.05) is 5.16 Å². The summed E-state index contributed by atoms with van der Waals surface area (Å²) in [6, 6.07) is 1.51. The number of aromatic nitrogens is 2. The predicted molar refractivity (Wildman–Crippen MR) is 66.3 cm³/mol. The lowest BCUT2D eigenvalue weighted by Crippen LogP contribution is -2.16. The Morgan fingerprint density at radius 2 is 2.16 bits per heavy atom. The second-order valence-corrected chi connectivity index (χ2v) is 4.64. The van der Waals surface area contributed by atoms with Gasteiger partial charge < -0.3 is 19.7 Å². The molecule has 0 saturated carbocycles. The predicted octanol–water partition coefficient (Wildman–Crippen LogP) is 1.87. The van der Waals surface area contributed by atoms with Crippen LogP contribution in [0.3, 0.4) is 0 Å². The summed E-state index contributed by atoms with van der Waals surface area (Å²) in [5.74, 6) is 0.486. The van der Waals surface area contributed by atoms with Crippen molar-refractivity contribution in [3.8, 4) is 22.9 Å². The largest absolute Gasteiger partial charge is 0.486 e. The number of rotatable bonds is 2. The monoisotopic (exact) mass is 329 g/mol. The van der Waals surface area contributed by atoms with Crippen LogP contribution in [0.4, 0.5) is 4.39 Å². The molecule has 0 amide bonds. The minimum absolute atomic E-state index is 0.0843. The Kier molecular flexibility index (Phi) is 3.11. The standard InChI is InChI=1S/C11H9BrFN3O3/c12-5-3-6-10(18-2-1-17-6)8(9(5)13)11-15-7(4-14)19-16-11/h3H,1-2,4,14H2. The fraction of sp³-hybridized carbons (Fsp3) is 0.273. The van der Waals surface area contributed by atoms with Crippen molar-refractivity contribution in [3.63, 3.8) is 0 Å². The van der Waals surface area contributed by atoms with Crippen LogP contribution in [0.1, 0.15) is 5.89 Å². The molecule has 2 aromatic rings. The summed E-state index contributed by atoms with van der Waals surface area (Å²) in [4.78, 5) is 4.01. The first-order valence-electron chi connectivity index (χ1n) is 5.51. The Labute approximate surface area is 115 Å². The van der Waals surface area contributed by atoms with Crippen molar-refractivity contribution in [3.05, 3.63) is 22.2 Å². The molecular weight excluding hydrogens is 321 g/mol. The molecule has 8 heteroatoms. The molecule has 2 N–H and O–H groups in total. The molecule has 1 aliphatic rings. The maximum Gasteiger partial charge on any atom is 0.240 e. The lowest BCUT2D eigenvalue weighted by atomic mass is 10.1. The van der Waals surface area contributed by atoms with Crippen LogP contribution in [0, 0.1) is 5.82 Å². The summed E-state index contributed by atoms with van der Waals surface area (Å²) in [5.41, 5.74) is 5.50. The first-order valence-corrected chi connectivity index (χ1v) is 6.30. The highest BCUT2D eigenvalue weighted by Crippen LogP contribution is 2.43. The van der Waals surface area contributed by atoms with Crippen molar-refractivity contribution in [1.82, 2.24) is 10.1 Å². The minimum Gasteiger partial charge on any atom is -0.486 e. The summed E-state index contributed by atoms with van der Waals surface area (Å²) in [5, 5.41) is 3.70. The van der Waals surface area contributed by atoms with Crippen LogP contribution in [0.2, 0.25) is 0 Å². The molecule has 100 valence electrons. The first kappa shape index (κ1) is 12.4. The maximum atomic E-state index is 14.3. The van der Waals surface area contributed by atoms with E-state index in [1.165, 1.54) is 6.07 Å². The quantitative estimate of drug-likeness (QED) is 0.905. The van der Waals surface area contributed by atoms with Crippen molar-refractivity contribution >= 4 is 15.9 Å². The molecule has 0 spiro atoms. The molecule has 1 aliphatic heterocycles. The third-order valence-corrected chi connectivity index (χ3v) is 3.17. The zero-order chi connectivity index (χ0) is 13.4. The molecule has 0 fully saturated rings. The number of fused-ring (bicyclic) bond motifs is 1. The Morgan fingerprint density at radius 1 is 1.37 bits per heavy atom. The van der Waals surface area contributed by atoms with E-state index in [1.807, 2.05) is 0 Å². The second kappa shape index (κ2) is 4.78. The molecule has 1 aromatic carbocycles. The van der Waals surface area contributed by atoms with E-state index in [9.17, 15) is 4.39 Å². The highest BCUT2D eigenvalue weighted by Gasteiger charge is 2.26. The average Bonchev–Trinajstić information content (AvgIpc) is 2.89. The summed E-state index contributed by atoms with van der Waals surface area (Å²) >= 11 is 3.12. The van der Waals surface area contributed by atoms with Crippen LogP contribution in [0.15, 0.2) is 15.1 Å². The van der Waals surface area contributed by atoms with E-state index in [2.05, 4.69) is 26.1 Å². The van der Waals surface area contributed by atoms with Crippen molar-refractivity contribution < 1.29 is 18.4 Å². The third kappa shape index (κ3) is 2.06. The van der Waals surface area contributed by atoms with Crippen LogP contribution in [0.5, 0.6) is 11.5 Å². The van der Waals surface area contributed by atoms with Gasteiger partial charge in [-0.15, -0.1) is 0 Å². The molecule has 0 bridgehead atoms. The van der Waals surface area contributed by atoms with Gasteiger partial charge in [-0.25, -0.2) is 4.39 Å². The molecule has 2 heterocycles. The van der Waals surface area contributed by atoms with Crippen molar-refractivity contribution in [2.75, 3.05) is 13.2 Å². The number of benzene rings is 1. The van der Waals surface area contributed by atoms with Crippen LogP contribution in [0.25, 0.3) is 11.4 Å². The van der Waals surface area contributed by atoms with Gasteiger partial charge in [0.1, 0.15) is 18.8 Å². The smallest absolute Gasteiger partial charge is 0.240 e. The number of nitrogens with two attached hydrogens (primary N) is 1.